The highest BCUT2D eigenvalue weighted by Gasteiger charge is 2.19. The average molecular weight is 302 g/mol. The van der Waals surface area contributed by atoms with Crippen LogP contribution < -0.4 is 10.5 Å². The molecule has 0 amide bonds. The van der Waals surface area contributed by atoms with Crippen molar-refractivity contribution in [1.82, 2.24) is 20.2 Å². The van der Waals surface area contributed by atoms with Gasteiger partial charge in [-0.3, -0.25) is 0 Å². The number of nitrogen functional groups attached to an aromatic ring is 1. The van der Waals surface area contributed by atoms with Gasteiger partial charge in [0.25, 0.3) is 0 Å². The third-order valence-electron chi connectivity index (χ3n) is 3.05. The molecule has 0 radical (unpaired) electrons. The van der Waals surface area contributed by atoms with E-state index >= 15 is 0 Å². The predicted molar refractivity (Wildman–Crippen MR) is 80.6 cm³/mol. The summed E-state index contributed by atoms with van der Waals surface area (Å²) in [6.07, 6.45) is 0. The van der Waals surface area contributed by atoms with Gasteiger partial charge >= 0.3 is 0 Å². The van der Waals surface area contributed by atoms with Crippen LogP contribution in [0, 0.1) is 0 Å². The lowest BCUT2D eigenvalue weighted by Crippen LogP contribution is -2.03. The largest absolute Gasteiger partial charge is 0.496 e. The second-order valence-electron chi connectivity index (χ2n) is 4.29. The van der Waals surface area contributed by atoms with E-state index in [1.54, 1.807) is 31.4 Å². The number of aromatic nitrogens is 4. The first kappa shape index (κ1) is 13.4. The van der Waals surface area contributed by atoms with Gasteiger partial charge in [-0.05, 0) is 34.7 Å². The number of tetrazole rings is 1. The third-order valence-corrected chi connectivity index (χ3v) is 3.37. The molecule has 1 heterocycles. The molecule has 1 aromatic heterocycles. The van der Waals surface area contributed by atoms with Crippen molar-refractivity contribution in [2.24, 2.45) is 0 Å². The topological polar surface area (TPSA) is 78.8 Å². The van der Waals surface area contributed by atoms with Crippen molar-refractivity contribution in [3.63, 3.8) is 0 Å². The molecule has 7 heteroatoms. The van der Waals surface area contributed by atoms with Crippen LogP contribution in [0.4, 0.5) is 5.69 Å². The molecule has 6 nitrogen and oxygen atoms in total. The van der Waals surface area contributed by atoms with Gasteiger partial charge in [0.2, 0.25) is 0 Å². The van der Waals surface area contributed by atoms with Crippen molar-refractivity contribution in [3.8, 4) is 22.8 Å². The van der Waals surface area contributed by atoms with E-state index in [0.717, 1.165) is 0 Å². The van der Waals surface area contributed by atoms with Gasteiger partial charge < -0.3 is 10.5 Å². The number of hydrogen-bond donors (Lipinski definition) is 1. The summed E-state index contributed by atoms with van der Waals surface area (Å²) in [5.74, 6) is 1.07. The molecule has 0 atom stereocenters. The van der Waals surface area contributed by atoms with Gasteiger partial charge in [-0.25, -0.2) is 0 Å². The standard InChI is InChI=1S/C14H12ClN5O/c1-21-12-8-4-6-10(16)13(12)14-17-18-19-20(14)11-7-3-2-5-9(11)15/h2-8H,16H2,1H3. The zero-order valence-electron chi connectivity index (χ0n) is 11.2. The van der Waals surface area contributed by atoms with Gasteiger partial charge in [0.1, 0.15) is 5.75 Å². The highest BCUT2D eigenvalue weighted by atomic mass is 35.5. The van der Waals surface area contributed by atoms with Crippen molar-refractivity contribution < 1.29 is 4.74 Å². The maximum absolute atomic E-state index is 6.21. The average Bonchev–Trinajstić information content (AvgIpc) is 2.96. The first-order valence-electron chi connectivity index (χ1n) is 6.18. The number of rotatable bonds is 3. The molecule has 3 rings (SSSR count). The minimum atomic E-state index is 0.470. The van der Waals surface area contributed by atoms with Crippen LogP contribution in [0.1, 0.15) is 0 Å². The monoisotopic (exact) mass is 301 g/mol. The van der Waals surface area contributed by atoms with E-state index in [9.17, 15) is 0 Å². The van der Waals surface area contributed by atoms with Crippen LogP contribution in [0.5, 0.6) is 5.75 Å². The Morgan fingerprint density at radius 2 is 1.95 bits per heavy atom. The minimum Gasteiger partial charge on any atom is -0.496 e. The molecule has 0 bridgehead atoms. The fourth-order valence-electron chi connectivity index (χ4n) is 2.09. The first-order chi connectivity index (χ1) is 10.2. The fraction of sp³-hybridized carbons (Fsp3) is 0.0714. The molecule has 0 aliphatic carbocycles. The normalized spacial score (nSPS) is 10.6. The van der Waals surface area contributed by atoms with Crippen LogP contribution in [-0.4, -0.2) is 27.3 Å². The van der Waals surface area contributed by atoms with Gasteiger partial charge in [-0.2, -0.15) is 4.68 Å². The lowest BCUT2D eigenvalue weighted by atomic mass is 10.1. The molecule has 2 aromatic carbocycles. The van der Waals surface area contributed by atoms with Crippen molar-refractivity contribution in [3.05, 3.63) is 47.5 Å². The Labute approximate surface area is 126 Å². The van der Waals surface area contributed by atoms with Crippen molar-refractivity contribution in [2.75, 3.05) is 12.8 Å². The van der Waals surface area contributed by atoms with E-state index in [4.69, 9.17) is 22.1 Å². The Morgan fingerprint density at radius 3 is 2.71 bits per heavy atom. The number of methoxy groups -OCH3 is 1. The maximum Gasteiger partial charge on any atom is 0.192 e. The quantitative estimate of drug-likeness (QED) is 0.752. The lowest BCUT2D eigenvalue weighted by Gasteiger charge is -2.11. The summed E-state index contributed by atoms with van der Waals surface area (Å²) >= 11 is 6.21. The zero-order valence-corrected chi connectivity index (χ0v) is 11.9. The second kappa shape index (κ2) is 5.41. The second-order valence-corrected chi connectivity index (χ2v) is 4.70. The van der Waals surface area contributed by atoms with E-state index in [1.165, 1.54) is 4.68 Å². The Bertz CT molecular complexity index is 787. The SMILES string of the molecule is COc1cccc(N)c1-c1nnnn1-c1ccccc1Cl. The van der Waals surface area contributed by atoms with Crippen molar-refractivity contribution in [2.45, 2.75) is 0 Å². The number of halogens is 1. The smallest absolute Gasteiger partial charge is 0.192 e. The number of para-hydroxylation sites is 1. The number of nitrogens with zero attached hydrogens (tertiary/aromatic N) is 4. The molecule has 0 unspecified atom stereocenters. The fourth-order valence-corrected chi connectivity index (χ4v) is 2.30. The number of hydrogen-bond acceptors (Lipinski definition) is 5. The molecule has 0 aliphatic rings. The van der Waals surface area contributed by atoms with Crippen LogP contribution in [0.2, 0.25) is 5.02 Å². The zero-order chi connectivity index (χ0) is 14.8. The lowest BCUT2D eigenvalue weighted by molar-refractivity contribution is 0.416. The number of nitrogens with two attached hydrogens (primary N) is 1. The summed E-state index contributed by atoms with van der Waals surface area (Å²) in [6.45, 7) is 0. The molecule has 0 aliphatic heterocycles. The molecular formula is C14H12ClN5O. The molecule has 2 N–H and O–H groups in total. The van der Waals surface area contributed by atoms with E-state index in [-0.39, 0.29) is 0 Å². The van der Waals surface area contributed by atoms with Crippen LogP contribution >= 0.6 is 11.6 Å². The van der Waals surface area contributed by atoms with E-state index in [0.29, 0.717) is 33.5 Å². The van der Waals surface area contributed by atoms with Gasteiger partial charge in [0, 0.05) is 5.69 Å². The van der Waals surface area contributed by atoms with Gasteiger partial charge in [0.15, 0.2) is 5.82 Å². The summed E-state index contributed by atoms with van der Waals surface area (Å²) in [7, 11) is 1.57. The molecule has 3 aromatic rings. The molecule has 0 fully saturated rings. The number of anilines is 1. The van der Waals surface area contributed by atoms with Crippen LogP contribution in [0.25, 0.3) is 17.1 Å². The van der Waals surface area contributed by atoms with E-state index in [1.807, 2.05) is 18.2 Å². The molecule has 0 saturated heterocycles. The minimum absolute atomic E-state index is 0.470. The van der Waals surface area contributed by atoms with E-state index < -0.39 is 0 Å². The van der Waals surface area contributed by atoms with Gasteiger partial charge in [-0.1, -0.05) is 29.8 Å². The summed E-state index contributed by atoms with van der Waals surface area (Å²) in [6, 6.07) is 12.7. The third kappa shape index (κ3) is 2.30. The molecule has 106 valence electrons. The van der Waals surface area contributed by atoms with Crippen LogP contribution in [0.15, 0.2) is 42.5 Å². The highest BCUT2D eigenvalue weighted by molar-refractivity contribution is 6.32. The summed E-state index contributed by atoms with van der Waals surface area (Å²) in [5, 5.41) is 12.3. The molecule has 0 saturated carbocycles. The molecular weight excluding hydrogens is 290 g/mol. The van der Waals surface area contributed by atoms with Gasteiger partial charge in [-0.15, -0.1) is 5.10 Å². The maximum atomic E-state index is 6.21. The Kier molecular flexibility index (Phi) is 3.45. The first-order valence-corrected chi connectivity index (χ1v) is 6.56. The molecule has 0 spiro atoms. The van der Waals surface area contributed by atoms with Crippen molar-refractivity contribution >= 4 is 17.3 Å². The summed E-state index contributed by atoms with van der Waals surface area (Å²) in [4.78, 5) is 0. The van der Waals surface area contributed by atoms with Crippen LogP contribution in [0.3, 0.4) is 0 Å². The summed E-state index contributed by atoms with van der Waals surface area (Å²) < 4.78 is 6.89. The number of ether oxygens (including phenoxy) is 1. The Morgan fingerprint density at radius 1 is 1.14 bits per heavy atom. The Balaban J connectivity index is 2.24. The predicted octanol–water partition coefficient (Wildman–Crippen LogP) is 2.57. The highest BCUT2D eigenvalue weighted by Crippen LogP contribution is 2.35. The summed E-state index contributed by atoms with van der Waals surface area (Å²) in [5.41, 5.74) is 7.88. The van der Waals surface area contributed by atoms with E-state index in [2.05, 4.69) is 15.5 Å². The van der Waals surface area contributed by atoms with Crippen LogP contribution in [-0.2, 0) is 0 Å². The molecule has 21 heavy (non-hydrogen) atoms. The van der Waals surface area contributed by atoms with Gasteiger partial charge in [0.05, 0.1) is 23.4 Å². The Hall–Kier alpha value is -2.60. The van der Waals surface area contributed by atoms with Crippen molar-refractivity contribution in [1.29, 1.82) is 0 Å². The number of benzene rings is 2.